The summed E-state index contributed by atoms with van der Waals surface area (Å²) in [7, 11) is 0. The van der Waals surface area contributed by atoms with Crippen molar-refractivity contribution >= 4 is 15.9 Å². The first kappa shape index (κ1) is 14.5. The highest BCUT2D eigenvalue weighted by molar-refractivity contribution is 9.10. The van der Waals surface area contributed by atoms with E-state index in [-0.39, 0.29) is 28.4 Å². The van der Waals surface area contributed by atoms with Crippen LogP contribution in [0.1, 0.15) is 25.5 Å². The molecule has 96 valence electrons. The third-order valence-electron chi connectivity index (χ3n) is 2.91. The van der Waals surface area contributed by atoms with Gasteiger partial charge in [-0.15, -0.1) is 0 Å². The molecular formula is C12H16BrF2NO. The molecule has 1 rings (SSSR count). The number of hydrogen-bond donors (Lipinski definition) is 2. The second-order valence-electron chi connectivity index (χ2n) is 4.35. The van der Waals surface area contributed by atoms with E-state index in [0.29, 0.717) is 0 Å². The lowest BCUT2D eigenvalue weighted by atomic mass is 9.86. The van der Waals surface area contributed by atoms with Gasteiger partial charge in [-0.1, -0.05) is 13.8 Å². The van der Waals surface area contributed by atoms with Gasteiger partial charge in [-0.3, -0.25) is 0 Å². The van der Waals surface area contributed by atoms with Crippen molar-refractivity contribution in [3.63, 3.8) is 0 Å². The van der Waals surface area contributed by atoms with E-state index in [1.54, 1.807) is 0 Å². The number of halogens is 3. The van der Waals surface area contributed by atoms with Gasteiger partial charge in [-0.05, 0) is 40.5 Å². The number of aliphatic hydroxyl groups excluding tert-OH is 1. The van der Waals surface area contributed by atoms with Crippen molar-refractivity contribution in [2.24, 2.45) is 17.6 Å². The van der Waals surface area contributed by atoms with Gasteiger partial charge in [0.1, 0.15) is 11.6 Å². The van der Waals surface area contributed by atoms with Gasteiger partial charge < -0.3 is 10.8 Å². The van der Waals surface area contributed by atoms with Gasteiger partial charge in [-0.2, -0.15) is 0 Å². The predicted molar refractivity (Wildman–Crippen MR) is 66.4 cm³/mol. The summed E-state index contributed by atoms with van der Waals surface area (Å²) < 4.78 is 27.5. The molecule has 0 fully saturated rings. The Kier molecular flexibility index (Phi) is 5.04. The molecule has 17 heavy (non-hydrogen) atoms. The highest BCUT2D eigenvalue weighted by Gasteiger charge is 2.28. The molecule has 0 aliphatic carbocycles. The Morgan fingerprint density at radius 3 is 2.41 bits per heavy atom. The molecule has 2 atom stereocenters. The molecule has 5 heteroatoms. The molecular weight excluding hydrogens is 292 g/mol. The molecule has 0 aliphatic rings. The molecule has 2 nitrogen and oxygen atoms in total. The van der Waals surface area contributed by atoms with Crippen molar-refractivity contribution in [1.29, 1.82) is 0 Å². The van der Waals surface area contributed by atoms with E-state index in [2.05, 4.69) is 15.9 Å². The van der Waals surface area contributed by atoms with Gasteiger partial charge >= 0.3 is 0 Å². The fourth-order valence-corrected chi connectivity index (χ4v) is 2.14. The van der Waals surface area contributed by atoms with Crippen LogP contribution >= 0.6 is 15.9 Å². The number of aliphatic hydroxyl groups is 1. The molecule has 0 amide bonds. The molecule has 0 saturated heterocycles. The summed E-state index contributed by atoms with van der Waals surface area (Å²) in [6.07, 6.45) is -1.24. The van der Waals surface area contributed by atoms with Gasteiger partial charge in [0.05, 0.1) is 16.1 Å². The molecule has 0 radical (unpaired) electrons. The lowest BCUT2D eigenvalue weighted by Crippen LogP contribution is -2.28. The van der Waals surface area contributed by atoms with Crippen LogP contribution in [0.5, 0.6) is 0 Å². The zero-order valence-corrected chi connectivity index (χ0v) is 11.3. The predicted octanol–water partition coefficient (Wildman–Crippen LogP) is 2.99. The van der Waals surface area contributed by atoms with Crippen LogP contribution in [-0.2, 0) is 0 Å². The van der Waals surface area contributed by atoms with E-state index in [1.807, 2.05) is 13.8 Å². The van der Waals surface area contributed by atoms with Crippen molar-refractivity contribution in [2.75, 3.05) is 6.54 Å². The molecule has 0 bridgehead atoms. The average Bonchev–Trinajstić information content (AvgIpc) is 2.24. The van der Waals surface area contributed by atoms with Crippen molar-refractivity contribution in [3.8, 4) is 0 Å². The van der Waals surface area contributed by atoms with Gasteiger partial charge in [0.15, 0.2) is 0 Å². The Bertz CT molecular complexity index is 398. The Morgan fingerprint density at radius 1 is 1.35 bits per heavy atom. The van der Waals surface area contributed by atoms with Gasteiger partial charge in [-0.25, -0.2) is 8.78 Å². The lowest BCUT2D eigenvalue weighted by molar-refractivity contribution is 0.0791. The van der Waals surface area contributed by atoms with Crippen LogP contribution in [0, 0.1) is 23.5 Å². The molecule has 0 aliphatic heterocycles. The highest BCUT2D eigenvalue weighted by Crippen LogP contribution is 2.33. The number of hydrogen-bond acceptors (Lipinski definition) is 2. The minimum atomic E-state index is -1.24. The Balaban J connectivity index is 3.19. The molecule has 1 aromatic carbocycles. The summed E-state index contributed by atoms with van der Waals surface area (Å²) >= 11 is 2.97. The normalized spacial score (nSPS) is 15.1. The lowest BCUT2D eigenvalue weighted by Gasteiger charge is -2.26. The standard InChI is InChI=1S/C12H16BrF2NO/c1-6(2)7(5-16)12(17)10-9(14)4-3-8(13)11(10)15/h3-4,6-7,12,17H,5,16H2,1-2H3. The fraction of sp³-hybridized carbons (Fsp3) is 0.500. The van der Waals surface area contributed by atoms with E-state index < -0.39 is 17.7 Å². The van der Waals surface area contributed by atoms with E-state index in [0.717, 1.165) is 6.07 Å². The zero-order valence-electron chi connectivity index (χ0n) is 9.75. The van der Waals surface area contributed by atoms with Crippen molar-refractivity contribution in [1.82, 2.24) is 0 Å². The number of nitrogens with two attached hydrogens (primary N) is 1. The van der Waals surface area contributed by atoms with E-state index in [1.165, 1.54) is 6.07 Å². The maximum Gasteiger partial charge on any atom is 0.146 e. The monoisotopic (exact) mass is 307 g/mol. The summed E-state index contributed by atoms with van der Waals surface area (Å²) in [6, 6.07) is 2.40. The largest absolute Gasteiger partial charge is 0.388 e. The Hall–Kier alpha value is -0.520. The second-order valence-corrected chi connectivity index (χ2v) is 5.20. The summed E-state index contributed by atoms with van der Waals surface area (Å²) in [5, 5.41) is 10.1. The number of benzene rings is 1. The number of rotatable bonds is 4. The summed E-state index contributed by atoms with van der Waals surface area (Å²) in [6.45, 7) is 3.88. The van der Waals surface area contributed by atoms with Crippen molar-refractivity contribution in [2.45, 2.75) is 20.0 Å². The smallest absolute Gasteiger partial charge is 0.146 e. The molecule has 1 aromatic rings. The quantitative estimate of drug-likeness (QED) is 0.840. The SMILES string of the molecule is CC(C)C(CN)C(O)c1c(F)ccc(Br)c1F. The molecule has 2 unspecified atom stereocenters. The van der Waals surface area contributed by atoms with Crippen molar-refractivity contribution in [3.05, 3.63) is 33.8 Å². The molecule has 0 heterocycles. The second kappa shape index (κ2) is 5.89. The third-order valence-corrected chi connectivity index (χ3v) is 3.52. The first-order chi connectivity index (χ1) is 7.90. The van der Waals surface area contributed by atoms with Gasteiger partial charge in [0, 0.05) is 5.92 Å². The van der Waals surface area contributed by atoms with Crippen LogP contribution < -0.4 is 5.73 Å². The Labute approximate surface area is 108 Å². The van der Waals surface area contributed by atoms with Crippen LogP contribution in [0.15, 0.2) is 16.6 Å². The van der Waals surface area contributed by atoms with Crippen LogP contribution in [0.25, 0.3) is 0 Å². The fourth-order valence-electron chi connectivity index (χ4n) is 1.79. The summed E-state index contributed by atoms with van der Waals surface area (Å²) in [5.74, 6) is -1.87. The van der Waals surface area contributed by atoms with E-state index in [9.17, 15) is 13.9 Å². The first-order valence-corrected chi connectivity index (χ1v) is 6.21. The third kappa shape index (κ3) is 3.03. The summed E-state index contributed by atoms with van der Waals surface area (Å²) in [4.78, 5) is 0. The van der Waals surface area contributed by atoms with Crippen LogP contribution in [0.4, 0.5) is 8.78 Å². The zero-order chi connectivity index (χ0) is 13.2. The molecule has 3 N–H and O–H groups in total. The van der Waals surface area contributed by atoms with E-state index >= 15 is 0 Å². The average molecular weight is 308 g/mol. The van der Waals surface area contributed by atoms with Crippen molar-refractivity contribution < 1.29 is 13.9 Å². The first-order valence-electron chi connectivity index (χ1n) is 5.41. The maximum absolute atomic E-state index is 13.8. The van der Waals surface area contributed by atoms with Crippen LogP contribution in [-0.4, -0.2) is 11.7 Å². The summed E-state index contributed by atoms with van der Waals surface area (Å²) in [5.41, 5.74) is 5.22. The topological polar surface area (TPSA) is 46.2 Å². The van der Waals surface area contributed by atoms with Crippen LogP contribution in [0.2, 0.25) is 0 Å². The minimum Gasteiger partial charge on any atom is -0.388 e. The highest BCUT2D eigenvalue weighted by atomic mass is 79.9. The Morgan fingerprint density at radius 2 is 1.94 bits per heavy atom. The molecule has 0 aromatic heterocycles. The van der Waals surface area contributed by atoms with Gasteiger partial charge in [0.25, 0.3) is 0 Å². The van der Waals surface area contributed by atoms with Crippen LogP contribution in [0.3, 0.4) is 0 Å². The van der Waals surface area contributed by atoms with Gasteiger partial charge in [0.2, 0.25) is 0 Å². The molecule has 0 saturated carbocycles. The minimum absolute atomic E-state index is 0.0350. The molecule has 0 spiro atoms. The van der Waals surface area contributed by atoms with E-state index in [4.69, 9.17) is 5.73 Å². The maximum atomic E-state index is 13.8.